The summed E-state index contributed by atoms with van der Waals surface area (Å²) in [5.41, 5.74) is 7.60. The fourth-order valence-corrected chi connectivity index (χ4v) is 2.94. The molecule has 0 spiro atoms. The highest BCUT2D eigenvalue weighted by atomic mass is 32.2. The summed E-state index contributed by atoms with van der Waals surface area (Å²) >= 11 is 0. The summed E-state index contributed by atoms with van der Waals surface area (Å²) < 4.78 is 37.5. The number of amides is 1. The Hall–Kier alpha value is -2.95. The van der Waals surface area contributed by atoms with Crippen LogP contribution < -0.4 is 5.73 Å². The van der Waals surface area contributed by atoms with Crippen molar-refractivity contribution in [3.63, 3.8) is 0 Å². The van der Waals surface area contributed by atoms with Gasteiger partial charge in [0, 0.05) is 0 Å². The largest absolute Gasteiger partial charge is 0.461 e. The van der Waals surface area contributed by atoms with Crippen LogP contribution in [-0.2, 0) is 41.8 Å². The third-order valence-electron chi connectivity index (χ3n) is 4.09. The Kier molecular flexibility index (Phi) is 9.44. The number of nitrogens with two attached hydrogens (primary N) is 1. The minimum atomic E-state index is -3.70. The topological polar surface area (TPSA) is 125 Å². The number of hydrogen-bond acceptors (Lipinski definition) is 8. The first-order valence-electron chi connectivity index (χ1n) is 9.51. The van der Waals surface area contributed by atoms with E-state index in [1.807, 2.05) is 36.4 Å². The average Bonchev–Trinajstić information content (AvgIpc) is 2.74. The lowest BCUT2D eigenvalue weighted by molar-refractivity contribution is -0.146. The van der Waals surface area contributed by atoms with Gasteiger partial charge in [0.05, 0.1) is 32.0 Å². The standard InChI is InChI=1S/C21H26N2O7S/c1-31(26,27)30-13-12-23(21(25)29-16-18-10-6-3-7-11-18)19(22)14-20(24)28-15-17-8-4-2-5-9-17/h2-11,19H,12-16,22H2,1H3. The molecule has 0 saturated heterocycles. The molecule has 2 aromatic rings. The number of carbonyl (C=O) groups excluding carboxylic acids is 2. The molecule has 1 unspecified atom stereocenters. The van der Waals surface area contributed by atoms with E-state index in [4.69, 9.17) is 15.2 Å². The minimum absolute atomic E-state index is 0.00567. The van der Waals surface area contributed by atoms with E-state index >= 15 is 0 Å². The lowest BCUT2D eigenvalue weighted by Gasteiger charge is -2.27. The lowest BCUT2D eigenvalue weighted by atomic mass is 10.2. The van der Waals surface area contributed by atoms with Gasteiger partial charge in [0.1, 0.15) is 13.2 Å². The second-order valence-electron chi connectivity index (χ2n) is 6.68. The van der Waals surface area contributed by atoms with E-state index in [-0.39, 0.29) is 32.8 Å². The van der Waals surface area contributed by atoms with Crippen molar-refractivity contribution < 1.29 is 31.7 Å². The van der Waals surface area contributed by atoms with Gasteiger partial charge in [0.2, 0.25) is 0 Å². The molecule has 1 amide bonds. The summed E-state index contributed by atoms with van der Waals surface area (Å²) in [6.45, 7) is -0.448. The van der Waals surface area contributed by atoms with Crippen LogP contribution in [0.5, 0.6) is 0 Å². The summed E-state index contributed by atoms with van der Waals surface area (Å²) in [5.74, 6) is -0.610. The van der Waals surface area contributed by atoms with Crippen LogP contribution in [0, 0.1) is 0 Å². The van der Waals surface area contributed by atoms with E-state index < -0.39 is 28.3 Å². The zero-order chi connectivity index (χ0) is 22.7. The van der Waals surface area contributed by atoms with Crippen LogP contribution in [0.4, 0.5) is 4.79 Å². The van der Waals surface area contributed by atoms with Gasteiger partial charge in [-0.1, -0.05) is 60.7 Å². The molecule has 0 bridgehead atoms. The molecule has 2 N–H and O–H groups in total. The number of esters is 1. The Balaban J connectivity index is 1.94. The average molecular weight is 451 g/mol. The van der Waals surface area contributed by atoms with Gasteiger partial charge in [-0.15, -0.1) is 0 Å². The fourth-order valence-electron chi connectivity index (χ4n) is 2.56. The van der Waals surface area contributed by atoms with E-state index in [9.17, 15) is 18.0 Å². The van der Waals surface area contributed by atoms with Crippen molar-refractivity contribution in [1.29, 1.82) is 0 Å². The Labute approximate surface area is 181 Å². The summed E-state index contributed by atoms with van der Waals surface area (Å²) in [5, 5.41) is 0. The van der Waals surface area contributed by atoms with Gasteiger partial charge in [-0.25, -0.2) is 4.79 Å². The molecule has 0 aromatic heterocycles. The van der Waals surface area contributed by atoms with E-state index in [1.54, 1.807) is 24.3 Å². The van der Waals surface area contributed by atoms with Crippen molar-refractivity contribution in [2.45, 2.75) is 25.8 Å². The van der Waals surface area contributed by atoms with Gasteiger partial charge < -0.3 is 15.2 Å². The van der Waals surface area contributed by atoms with Crippen molar-refractivity contribution in [3.8, 4) is 0 Å². The quantitative estimate of drug-likeness (QED) is 0.313. The molecule has 0 fully saturated rings. The number of rotatable bonds is 11. The fraction of sp³-hybridized carbons (Fsp3) is 0.333. The predicted octanol–water partition coefficient (Wildman–Crippen LogP) is 2.02. The van der Waals surface area contributed by atoms with Crippen LogP contribution in [0.3, 0.4) is 0 Å². The number of carbonyl (C=O) groups is 2. The van der Waals surface area contributed by atoms with Crippen LogP contribution >= 0.6 is 0 Å². The smallest absolute Gasteiger partial charge is 0.411 e. The van der Waals surface area contributed by atoms with Crippen molar-refractivity contribution in [3.05, 3.63) is 71.8 Å². The van der Waals surface area contributed by atoms with Crippen LogP contribution in [-0.4, -0.2) is 51.0 Å². The second kappa shape index (κ2) is 12.0. The van der Waals surface area contributed by atoms with Crippen LogP contribution in [0.15, 0.2) is 60.7 Å². The monoisotopic (exact) mass is 450 g/mol. The van der Waals surface area contributed by atoms with Crippen molar-refractivity contribution >= 4 is 22.2 Å². The molecule has 10 heteroatoms. The van der Waals surface area contributed by atoms with Crippen molar-refractivity contribution in [2.75, 3.05) is 19.4 Å². The highest BCUT2D eigenvalue weighted by Crippen LogP contribution is 2.09. The van der Waals surface area contributed by atoms with E-state index in [1.165, 1.54) is 0 Å². The highest BCUT2D eigenvalue weighted by molar-refractivity contribution is 7.85. The number of benzene rings is 2. The predicted molar refractivity (Wildman–Crippen MR) is 113 cm³/mol. The Morgan fingerprint density at radius 3 is 1.97 bits per heavy atom. The molecular formula is C21H26N2O7S. The highest BCUT2D eigenvalue weighted by Gasteiger charge is 2.25. The van der Waals surface area contributed by atoms with Crippen LogP contribution in [0.25, 0.3) is 0 Å². The molecule has 0 radical (unpaired) electrons. The Morgan fingerprint density at radius 2 is 1.45 bits per heavy atom. The van der Waals surface area contributed by atoms with E-state index in [0.717, 1.165) is 22.3 Å². The summed E-state index contributed by atoms with van der Waals surface area (Å²) in [6, 6.07) is 18.1. The van der Waals surface area contributed by atoms with E-state index in [2.05, 4.69) is 4.18 Å². The van der Waals surface area contributed by atoms with Gasteiger partial charge in [0.15, 0.2) is 0 Å². The first kappa shape index (κ1) is 24.3. The molecule has 2 aromatic carbocycles. The molecule has 2 rings (SSSR count). The minimum Gasteiger partial charge on any atom is -0.461 e. The van der Waals surface area contributed by atoms with Crippen LogP contribution in [0.2, 0.25) is 0 Å². The van der Waals surface area contributed by atoms with E-state index in [0.29, 0.717) is 0 Å². The molecule has 1 atom stereocenters. The molecule has 0 saturated carbocycles. The normalized spacial score (nSPS) is 12.1. The van der Waals surface area contributed by atoms with Gasteiger partial charge in [-0.05, 0) is 11.1 Å². The zero-order valence-corrected chi connectivity index (χ0v) is 18.0. The Bertz CT molecular complexity index is 937. The van der Waals surface area contributed by atoms with Gasteiger partial charge in [-0.2, -0.15) is 8.42 Å². The molecule has 0 aliphatic heterocycles. The summed E-state index contributed by atoms with van der Waals surface area (Å²) in [7, 11) is -3.70. The van der Waals surface area contributed by atoms with Crippen molar-refractivity contribution in [1.82, 2.24) is 4.90 Å². The van der Waals surface area contributed by atoms with Gasteiger partial charge in [0.25, 0.3) is 10.1 Å². The lowest BCUT2D eigenvalue weighted by Crippen LogP contribution is -2.49. The zero-order valence-electron chi connectivity index (χ0n) is 17.2. The van der Waals surface area contributed by atoms with Gasteiger partial charge >= 0.3 is 12.1 Å². The SMILES string of the molecule is CS(=O)(=O)OCCN(C(=O)OCc1ccccc1)C(N)CC(=O)OCc1ccccc1. The summed E-state index contributed by atoms with van der Waals surface area (Å²) in [6.07, 6.45) is -1.29. The molecule has 31 heavy (non-hydrogen) atoms. The second-order valence-corrected chi connectivity index (χ2v) is 8.32. The maximum atomic E-state index is 12.5. The van der Waals surface area contributed by atoms with Crippen LogP contribution in [0.1, 0.15) is 17.5 Å². The third kappa shape index (κ3) is 9.60. The molecule has 9 nitrogen and oxygen atoms in total. The number of ether oxygens (including phenoxy) is 2. The maximum Gasteiger partial charge on any atom is 0.411 e. The van der Waals surface area contributed by atoms with Crippen molar-refractivity contribution in [2.24, 2.45) is 5.73 Å². The maximum absolute atomic E-state index is 12.5. The van der Waals surface area contributed by atoms with Gasteiger partial charge in [-0.3, -0.25) is 13.9 Å². The third-order valence-corrected chi connectivity index (χ3v) is 4.68. The first-order chi connectivity index (χ1) is 14.7. The summed E-state index contributed by atoms with van der Waals surface area (Å²) in [4.78, 5) is 25.7. The first-order valence-corrected chi connectivity index (χ1v) is 11.3. The number of hydrogen-bond donors (Lipinski definition) is 1. The molecule has 168 valence electrons. The molecule has 0 heterocycles. The number of nitrogens with zero attached hydrogens (tertiary/aromatic N) is 1. The molecular weight excluding hydrogens is 424 g/mol. The molecule has 0 aliphatic rings. The molecule has 0 aliphatic carbocycles. The Morgan fingerprint density at radius 1 is 0.935 bits per heavy atom.